The standard InChI is InChI=1S/C15H20S2Si/c1-3-5-6-11-18(4-2)12-7-9-16-14(12)15-13(18)8-10-17-15/h7-10H,3-6,11H2,1-2H3. The van der Waals surface area contributed by atoms with Gasteiger partial charge < -0.3 is 0 Å². The topological polar surface area (TPSA) is 0 Å². The molecule has 0 unspecified atom stereocenters. The van der Waals surface area contributed by atoms with Crippen LogP contribution in [-0.2, 0) is 0 Å². The van der Waals surface area contributed by atoms with Gasteiger partial charge in [0.2, 0.25) is 0 Å². The molecular weight excluding hydrogens is 272 g/mol. The van der Waals surface area contributed by atoms with Crippen molar-refractivity contribution in [3.63, 3.8) is 0 Å². The van der Waals surface area contributed by atoms with Crippen molar-refractivity contribution in [2.24, 2.45) is 0 Å². The van der Waals surface area contributed by atoms with E-state index in [9.17, 15) is 0 Å². The van der Waals surface area contributed by atoms with Gasteiger partial charge in [-0.3, -0.25) is 0 Å². The Morgan fingerprint density at radius 3 is 2.06 bits per heavy atom. The minimum atomic E-state index is -1.36. The Balaban J connectivity index is 2.04. The highest BCUT2D eigenvalue weighted by Crippen LogP contribution is 2.39. The van der Waals surface area contributed by atoms with Crippen LogP contribution in [-0.4, -0.2) is 8.07 Å². The van der Waals surface area contributed by atoms with E-state index in [1.54, 1.807) is 20.1 Å². The number of hydrogen-bond donors (Lipinski definition) is 0. The van der Waals surface area contributed by atoms with E-state index in [-0.39, 0.29) is 0 Å². The number of thiophene rings is 2. The maximum absolute atomic E-state index is 2.44. The third kappa shape index (κ3) is 1.68. The summed E-state index contributed by atoms with van der Waals surface area (Å²) < 4.78 is 0. The maximum Gasteiger partial charge on any atom is 0.121 e. The predicted octanol–water partition coefficient (Wildman–Crippen LogP) is 4.56. The molecule has 0 aromatic carbocycles. The smallest absolute Gasteiger partial charge is 0.121 e. The lowest BCUT2D eigenvalue weighted by Gasteiger charge is -2.26. The number of rotatable bonds is 5. The summed E-state index contributed by atoms with van der Waals surface area (Å²) in [6, 6.07) is 7.72. The van der Waals surface area contributed by atoms with E-state index in [1.165, 1.54) is 31.4 Å². The van der Waals surface area contributed by atoms with Crippen molar-refractivity contribution >= 4 is 41.1 Å². The summed E-state index contributed by atoms with van der Waals surface area (Å²) in [7, 11) is -1.36. The monoisotopic (exact) mass is 292 g/mol. The Morgan fingerprint density at radius 2 is 1.56 bits per heavy atom. The Bertz CT molecular complexity index is 498. The predicted molar refractivity (Wildman–Crippen MR) is 87.5 cm³/mol. The van der Waals surface area contributed by atoms with Crippen molar-refractivity contribution in [3.8, 4) is 9.75 Å². The largest absolute Gasteiger partial charge is 0.143 e. The number of unbranched alkanes of at least 4 members (excludes halogenated alkanes) is 2. The second-order valence-electron chi connectivity index (χ2n) is 5.22. The molecule has 0 spiro atoms. The molecule has 3 rings (SSSR count). The van der Waals surface area contributed by atoms with Crippen LogP contribution in [0.4, 0.5) is 0 Å². The minimum absolute atomic E-state index is 1.33. The van der Waals surface area contributed by atoms with Gasteiger partial charge in [0.05, 0.1) is 0 Å². The van der Waals surface area contributed by atoms with Gasteiger partial charge in [0.1, 0.15) is 8.07 Å². The Hall–Kier alpha value is -0.383. The summed E-state index contributed by atoms with van der Waals surface area (Å²) in [5, 5.41) is 8.13. The van der Waals surface area contributed by atoms with E-state index in [2.05, 4.69) is 36.7 Å². The van der Waals surface area contributed by atoms with Crippen LogP contribution in [0.1, 0.15) is 33.1 Å². The van der Waals surface area contributed by atoms with Gasteiger partial charge in [-0.1, -0.05) is 51.3 Å². The van der Waals surface area contributed by atoms with Crippen LogP contribution >= 0.6 is 22.7 Å². The zero-order valence-corrected chi connectivity index (χ0v) is 13.8. The quantitative estimate of drug-likeness (QED) is 0.560. The van der Waals surface area contributed by atoms with E-state index in [1.807, 2.05) is 22.7 Å². The molecule has 0 amide bonds. The van der Waals surface area contributed by atoms with Crippen LogP contribution in [0.25, 0.3) is 9.75 Å². The summed E-state index contributed by atoms with van der Waals surface area (Å²) in [5.74, 6) is 0. The first-order chi connectivity index (χ1) is 8.83. The molecule has 3 heteroatoms. The second kappa shape index (κ2) is 4.95. The van der Waals surface area contributed by atoms with Gasteiger partial charge in [0, 0.05) is 9.75 Å². The SMILES string of the molecule is CCCCC[Si]1(CC)c2ccsc2-c2sccc21. The van der Waals surface area contributed by atoms with Gasteiger partial charge in [0.25, 0.3) is 0 Å². The Morgan fingerprint density at radius 1 is 0.944 bits per heavy atom. The molecule has 0 fully saturated rings. The van der Waals surface area contributed by atoms with Crippen molar-refractivity contribution in [1.82, 2.24) is 0 Å². The first-order valence-electron chi connectivity index (χ1n) is 6.99. The zero-order chi connectivity index (χ0) is 12.6. The summed E-state index contributed by atoms with van der Waals surface area (Å²) >= 11 is 3.92. The molecule has 0 bridgehead atoms. The van der Waals surface area contributed by atoms with Crippen molar-refractivity contribution in [2.75, 3.05) is 0 Å². The molecule has 96 valence electrons. The highest BCUT2D eigenvalue weighted by molar-refractivity contribution is 7.27. The molecule has 0 nitrogen and oxygen atoms in total. The molecule has 0 saturated heterocycles. The molecule has 3 heterocycles. The van der Waals surface area contributed by atoms with Crippen molar-refractivity contribution in [3.05, 3.63) is 22.9 Å². The van der Waals surface area contributed by atoms with Crippen LogP contribution in [0.3, 0.4) is 0 Å². The zero-order valence-electron chi connectivity index (χ0n) is 11.2. The van der Waals surface area contributed by atoms with E-state index in [0.717, 1.165) is 0 Å². The van der Waals surface area contributed by atoms with E-state index in [0.29, 0.717) is 0 Å². The van der Waals surface area contributed by atoms with E-state index < -0.39 is 8.07 Å². The van der Waals surface area contributed by atoms with Crippen LogP contribution < -0.4 is 10.4 Å². The van der Waals surface area contributed by atoms with Crippen LogP contribution in [0.15, 0.2) is 22.9 Å². The van der Waals surface area contributed by atoms with Crippen molar-refractivity contribution in [1.29, 1.82) is 0 Å². The molecule has 1 aliphatic rings. The molecule has 0 atom stereocenters. The molecule has 0 saturated carbocycles. The van der Waals surface area contributed by atoms with Gasteiger partial charge in [-0.15, -0.1) is 22.7 Å². The first-order valence-corrected chi connectivity index (χ1v) is 11.2. The highest BCUT2D eigenvalue weighted by atomic mass is 32.1. The lowest BCUT2D eigenvalue weighted by molar-refractivity contribution is 0.764. The summed E-state index contributed by atoms with van der Waals surface area (Å²) in [4.78, 5) is 3.23. The van der Waals surface area contributed by atoms with Gasteiger partial charge in [-0.2, -0.15) is 0 Å². The molecule has 1 aliphatic heterocycles. The Kier molecular flexibility index (Phi) is 3.48. The fourth-order valence-corrected chi connectivity index (χ4v) is 11.8. The fourth-order valence-electron chi connectivity index (χ4n) is 3.37. The molecular formula is C15H20S2Si. The Labute approximate surface area is 119 Å². The maximum atomic E-state index is 2.44. The molecule has 2 aromatic rings. The number of fused-ring (bicyclic) bond motifs is 3. The summed E-state index contributed by atoms with van der Waals surface area (Å²) in [6.45, 7) is 4.73. The molecule has 18 heavy (non-hydrogen) atoms. The second-order valence-corrected chi connectivity index (χ2v) is 11.5. The van der Waals surface area contributed by atoms with Gasteiger partial charge in [-0.25, -0.2) is 0 Å². The van der Waals surface area contributed by atoms with Crippen LogP contribution in [0, 0.1) is 0 Å². The van der Waals surface area contributed by atoms with Crippen LogP contribution in [0.2, 0.25) is 12.1 Å². The molecule has 2 aromatic heterocycles. The fraction of sp³-hybridized carbons (Fsp3) is 0.467. The molecule has 0 radical (unpaired) electrons. The minimum Gasteiger partial charge on any atom is -0.143 e. The summed E-state index contributed by atoms with van der Waals surface area (Å²) in [5.41, 5.74) is 0. The van der Waals surface area contributed by atoms with Crippen molar-refractivity contribution < 1.29 is 0 Å². The van der Waals surface area contributed by atoms with Gasteiger partial charge in [0.15, 0.2) is 0 Å². The first kappa shape index (κ1) is 12.6. The van der Waals surface area contributed by atoms with E-state index >= 15 is 0 Å². The van der Waals surface area contributed by atoms with Crippen molar-refractivity contribution in [2.45, 2.75) is 45.2 Å². The lowest BCUT2D eigenvalue weighted by Crippen LogP contribution is -2.53. The third-order valence-electron chi connectivity index (χ3n) is 4.38. The molecule has 0 aliphatic carbocycles. The highest BCUT2D eigenvalue weighted by Gasteiger charge is 2.44. The van der Waals surface area contributed by atoms with Gasteiger partial charge >= 0.3 is 0 Å². The van der Waals surface area contributed by atoms with Gasteiger partial charge in [-0.05, 0) is 27.2 Å². The lowest BCUT2D eigenvalue weighted by atomic mass is 10.3. The molecule has 0 N–H and O–H groups in total. The van der Waals surface area contributed by atoms with Crippen LogP contribution in [0.5, 0.6) is 0 Å². The average Bonchev–Trinajstić information content (AvgIpc) is 3.04. The normalized spacial score (nSPS) is 15.7. The average molecular weight is 293 g/mol. The van der Waals surface area contributed by atoms with E-state index in [4.69, 9.17) is 0 Å². The number of hydrogen-bond acceptors (Lipinski definition) is 2. The third-order valence-corrected chi connectivity index (χ3v) is 12.0. The summed E-state index contributed by atoms with van der Waals surface area (Å²) in [6.07, 6.45) is 4.15.